The summed E-state index contributed by atoms with van der Waals surface area (Å²) >= 11 is 10.5. The van der Waals surface area contributed by atoms with Crippen molar-refractivity contribution in [2.75, 3.05) is 0 Å². The van der Waals surface area contributed by atoms with Gasteiger partial charge in [0.25, 0.3) is 11.7 Å². The number of carbonyl (C=O) groups excluding carboxylic acids is 1. The highest BCUT2D eigenvalue weighted by Crippen LogP contribution is 2.30. The molecule has 0 aromatic carbocycles. The van der Waals surface area contributed by atoms with Crippen molar-refractivity contribution in [1.82, 2.24) is 4.98 Å². The topological polar surface area (TPSA) is 53.8 Å². The summed E-state index contributed by atoms with van der Waals surface area (Å²) in [4.78, 5) is 14.1. The Morgan fingerprint density at radius 1 is 1.60 bits per heavy atom. The molecule has 7 heteroatoms. The Hall–Kier alpha value is -1.25. The first kappa shape index (κ1) is 11.8. The molecule has 0 bridgehead atoms. The van der Waals surface area contributed by atoms with Crippen molar-refractivity contribution < 1.29 is 13.6 Å². The summed E-state index contributed by atoms with van der Waals surface area (Å²) in [6.07, 6.45) is -2.11. The van der Waals surface area contributed by atoms with E-state index in [0.29, 0.717) is 0 Å². The summed E-state index contributed by atoms with van der Waals surface area (Å²) in [7, 11) is 0. The minimum absolute atomic E-state index is 0.241. The molecule has 0 aliphatic carbocycles. The van der Waals surface area contributed by atoms with Gasteiger partial charge in [-0.1, -0.05) is 11.6 Å². The minimum Gasteiger partial charge on any atom is -0.274 e. The number of nitrogens with zero attached hydrogens (tertiary/aromatic N) is 2. The maximum Gasteiger partial charge on any atom is 0.271 e. The van der Waals surface area contributed by atoms with Crippen LogP contribution >= 0.6 is 23.2 Å². The van der Waals surface area contributed by atoms with Crippen LogP contribution in [0.15, 0.2) is 6.20 Å². The number of hydrogen-bond donors (Lipinski definition) is 0. The second kappa shape index (κ2) is 4.51. The van der Waals surface area contributed by atoms with Crippen LogP contribution in [0.2, 0.25) is 5.02 Å². The Morgan fingerprint density at radius 3 is 2.60 bits per heavy atom. The molecule has 0 saturated carbocycles. The van der Waals surface area contributed by atoms with Gasteiger partial charge in [0.2, 0.25) is 0 Å². The monoisotopic (exact) mass is 250 g/mol. The average molecular weight is 251 g/mol. The van der Waals surface area contributed by atoms with Gasteiger partial charge in [-0.15, -0.1) is 0 Å². The summed E-state index contributed by atoms with van der Waals surface area (Å²) in [6, 6.07) is 1.48. The van der Waals surface area contributed by atoms with Crippen LogP contribution in [-0.4, -0.2) is 10.2 Å². The van der Waals surface area contributed by atoms with Crippen molar-refractivity contribution in [3.8, 4) is 6.07 Å². The van der Waals surface area contributed by atoms with Gasteiger partial charge in [0, 0.05) is 6.20 Å². The molecule has 15 heavy (non-hydrogen) atoms. The molecule has 0 amide bonds. The van der Waals surface area contributed by atoms with E-state index in [1.165, 1.54) is 6.07 Å². The molecule has 0 fully saturated rings. The SMILES string of the molecule is N#Cc1c(Cl)cnc(C(=O)Cl)c1C(F)F. The summed E-state index contributed by atoms with van der Waals surface area (Å²) in [5.74, 6) is 0. The van der Waals surface area contributed by atoms with Crippen LogP contribution in [-0.2, 0) is 0 Å². The standard InChI is InChI=1S/C8H2Cl2F2N2O/c9-4-2-14-6(7(10)15)5(8(11)12)3(4)1-13/h2,8H. The molecule has 0 spiro atoms. The van der Waals surface area contributed by atoms with E-state index in [-0.39, 0.29) is 5.02 Å². The summed E-state index contributed by atoms with van der Waals surface area (Å²) < 4.78 is 25.1. The van der Waals surface area contributed by atoms with Gasteiger partial charge < -0.3 is 0 Å². The zero-order chi connectivity index (χ0) is 11.6. The van der Waals surface area contributed by atoms with Gasteiger partial charge in [-0.05, 0) is 11.6 Å². The van der Waals surface area contributed by atoms with E-state index >= 15 is 0 Å². The molecule has 0 atom stereocenters. The van der Waals surface area contributed by atoms with Crippen molar-refractivity contribution in [2.45, 2.75) is 6.43 Å². The van der Waals surface area contributed by atoms with Crippen LogP contribution in [0.4, 0.5) is 8.78 Å². The number of pyridine rings is 1. The number of rotatable bonds is 2. The molecule has 1 heterocycles. The molecule has 0 N–H and O–H groups in total. The maximum absolute atomic E-state index is 12.6. The minimum atomic E-state index is -3.04. The predicted octanol–water partition coefficient (Wildman–Crippen LogP) is 2.92. The van der Waals surface area contributed by atoms with Crippen molar-refractivity contribution in [1.29, 1.82) is 5.26 Å². The Morgan fingerprint density at radius 2 is 2.20 bits per heavy atom. The van der Waals surface area contributed by atoms with Gasteiger partial charge in [0.1, 0.15) is 11.8 Å². The largest absolute Gasteiger partial charge is 0.274 e. The van der Waals surface area contributed by atoms with E-state index in [2.05, 4.69) is 4.98 Å². The van der Waals surface area contributed by atoms with Crippen LogP contribution < -0.4 is 0 Å². The first-order chi connectivity index (χ1) is 6.99. The Kier molecular flexibility index (Phi) is 3.56. The third-order valence-corrected chi connectivity index (χ3v) is 2.05. The van der Waals surface area contributed by atoms with Crippen molar-refractivity contribution in [3.05, 3.63) is 28.0 Å². The van der Waals surface area contributed by atoms with Gasteiger partial charge >= 0.3 is 0 Å². The average Bonchev–Trinajstić information content (AvgIpc) is 2.16. The molecule has 1 aromatic heterocycles. The normalized spacial score (nSPS) is 10.1. The summed E-state index contributed by atoms with van der Waals surface area (Å²) in [5, 5.41) is 7.21. The third-order valence-electron chi connectivity index (χ3n) is 1.59. The zero-order valence-electron chi connectivity index (χ0n) is 6.97. The fourth-order valence-corrected chi connectivity index (χ4v) is 1.33. The molecule has 0 aliphatic rings. The predicted molar refractivity (Wildman–Crippen MR) is 49.1 cm³/mol. The van der Waals surface area contributed by atoms with E-state index in [0.717, 1.165) is 6.20 Å². The Labute approximate surface area is 93.2 Å². The molecule has 0 unspecified atom stereocenters. The molecular formula is C8H2Cl2F2N2O. The van der Waals surface area contributed by atoms with E-state index in [4.69, 9.17) is 28.5 Å². The van der Waals surface area contributed by atoms with Crippen molar-refractivity contribution >= 4 is 28.4 Å². The van der Waals surface area contributed by atoms with Crippen LogP contribution in [0.5, 0.6) is 0 Å². The van der Waals surface area contributed by atoms with E-state index in [9.17, 15) is 13.6 Å². The van der Waals surface area contributed by atoms with Crippen LogP contribution in [0.3, 0.4) is 0 Å². The Balaban J connectivity index is 3.58. The fourth-order valence-electron chi connectivity index (χ4n) is 0.985. The maximum atomic E-state index is 12.6. The van der Waals surface area contributed by atoms with Gasteiger partial charge in [0.05, 0.1) is 16.1 Å². The quantitative estimate of drug-likeness (QED) is 0.759. The first-order valence-corrected chi connectivity index (χ1v) is 4.31. The lowest BCUT2D eigenvalue weighted by Crippen LogP contribution is -2.05. The van der Waals surface area contributed by atoms with Crippen LogP contribution in [0, 0.1) is 11.3 Å². The summed E-state index contributed by atoms with van der Waals surface area (Å²) in [5.41, 5.74) is -1.96. The molecular weight excluding hydrogens is 249 g/mol. The van der Waals surface area contributed by atoms with E-state index in [1.807, 2.05) is 0 Å². The van der Waals surface area contributed by atoms with Crippen LogP contribution in [0.25, 0.3) is 0 Å². The molecule has 3 nitrogen and oxygen atoms in total. The van der Waals surface area contributed by atoms with Gasteiger partial charge in [-0.25, -0.2) is 13.8 Å². The lowest BCUT2D eigenvalue weighted by Gasteiger charge is -2.07. The van der Waals surface area contributed by atoms with E-state index in [1.54, 1.807) is 0 Å². The van der Waals surface area contributed by atoms with Crippen molar-refractivity contribution in [3.63, 3.8) is 0 Å². The van der Waals surface area contributed by atoms with Gasteiger partial charge in [-0.3, -0.25) is 4.79 Å². The second-order valence-electron chi connectivity index (χ2n) is 2.43. The lowest BCUT2D eigenvalue weighted by atomic mass is 10.1. The first-order valence-electron chi connectivity index (χ1n) is 3.55. The van der Waals surface area contributed by atoms with Gasteiger partial charge in [0.15, 0.2) is 0 Å². The Bertz CT molecular complexity index is 457. The number of nitriles is 1. The molecule has 0 aliphatic heterocycles. The van der Waals surface area contributed by atoms with Gasteiger partial charge in [-0.2, -0.15) is 5.26 Å². The molecule has 1 aromatic rings. The highest BCUT2D eigenvalue weighted by molar-refractivity contribution is 6.67. The molecule has 78 valence electrons. The molecule has 0 saturated heterocycles. The number of carbonyl (C=O) groups is 1. The zero-order valence-corrected chi connectivity index (χ0v) is 8.48. The highest BCUT2D eigenvalue weighted by Gasteiger charge is 2.24. The number of halogens is 4. The second-order valence-corrected chi connectivity index (χ2v) is 3.18. The number of alkyl halides is 2. The van der Waals surface area contributed by atoms with Crippen molar-refractivity contribution in [2.24, 2.45) is 0 Å². The van der Waals surface area contributed by atoms with E-state index < -0.39 is 28.5 Å². The lowest BCUT2D eigenvalue weighted by molar-refractivity contribution is 0.106. The smallest absolute Gasteiger partial charge is 0.271 e. The third kappa shape index (κ3) is 2.22. The molecule has 1 rings (SSSR count). The highest BCUT2D eigenvalue weighted by atomic mass is 35.5. The molecule has 0 radical (unpaired) electrons. The van der Waals surface area contributed by atoms with Crippen LogP contribution in [0.1, 0.15) is 28.0 Å². The summed E-state index contributed by atoms with van der Waals surface area (Å²) in [6.45, 7) is 0. The number of aromatic nitrogens is 1. The fraction of sp³-hybridized carbons (Fsp3) is 0.125. The number of hydrogen-bond acceptors (Lipinski definition) is 3.